The smallest absolute Gasteiger partial charge is 0.251 e. The summed E-state index contributed by atoms with van der Waals surface area (Å²) in [6.07, 6.45) is 0. The lowest BCUT2D eigenvalue weighted by molar-refractivity contribution is 0.0162. The molecule has 0 aromatic heterocycles. The van der Waals surface area contributed by atoms with Crippen LogP contribution in [-0.4, -0.2) is 69.5 Å². The molecule has 1 aliphatic rings. The first-order valence-corrected chi connectivity index (χ1v) is 12.6. The summed E-state index contributed by atoms with van der Waals surface area (Å²) in [5, 5.41) is 3.04. The zero-order valence-electron chi connectivity index (χ0n) is 19.1. The molecule has 1 aliphatic heterocycles. The third kappa shape index (κ3) is 5.56. The average Bonchev–Trinajstić information content (AvgIpc) is 2.81. The fourth-order valence-corrected chi connectivity index (χ4v) is 5.51. The van der Waals surface area contributed by atoms with Crippen molar-refractivity contribution in [3.8, 4) is 0 Å². The van der Waals surface area contributed by atoms with Gasteiger partial charge in [0.25, 0.3) is 5.91 Å². The Labute approximate surface area is 191 Å². The first-order valence-electron chi connectivity index (χ1n) is 11.1. The minimum atomic E-state index is -3.63. The largest absolute Gasteiger partial charge is 0.379 e. The number of ether oxygens (including phenoxy) is 1. The number of morpholine rings is 1. The van der Waals surface area contributed by atoms with Crippen molar-refractivity contribution in [2.45, 2.75) is 31.7 Å². The molecule has 1 amide bonds. The third-order valence-corrected chi connectivity index (χ3v) is 7.97. The molecule has 174 valence electrons. The van der Waals surface area contributed by atoms with Gasteiger partial charge in [0.1, 0.15) is 0 Å². The number of nitrogens with one attached hydrogen (secondary N) is 1. The molecular weight excluding hydrogens is 426 g/mol. The summed E-state index contributed by atoms with van der Waals surface area (Å²) in [5.41, 5.74) is 2.25. The molecule has 0 spiro atoms. The van der Waals surface area contributed by atoms with Crippen LogP contribution < -0.4 is 5.32 Å². The lowest BCUT2D eigenvalue weighted by atomic mass is 10.0. The second kappa shape index (κ2) is 11.0. The van der Waals surface area contributed by atoms with Crippen LogP contribution in [0.5, 0.6) is 0 Å². The van der Waals surface area contributed by atoms with Gasteiger partial charge in [0.2, 0.25) is 10.0 Å². The van der Waals surface area contributed by atoms with Gasteiger partial charge in [-0.25, -0.2) is 8.42 Å². The number of rotatable bonds is 9. The number of aryl methyl sites for hydroxylation is 1. The zero-order chi connectivity index (χ0) is 23.1. The summed E-state index contributed by atoms with van der Waals surface area (Å²) in [4.78, 5) is 15.6. The van der Waals surface area contributed by atoms with E-state index in [9.17, 15) is 13.2 Å². The van der Waals surface area contributed by atoms with Gasteiger partial charge in [-0.3, -0.25) is 9.69 Å². The highest BCUT2D eigenvalue weighted by atomic mass is 32.2. The van der Waals surface area contributed by atoms with Crippen LogP contribution in [0.15, 0.2) is 53.4 Å². The van der Waals surface area contributed by atoms with Crippen LogP contribution in [0.4, 0.5) is 0 Å². The Morgan fingerprint density at radius 1 is 1.09 bits per heavy atom. The van der Waals surface area contributed by atoms with Crippen LogP contribution in [-0.2, 0) is 14.8 Å². The van der Waals surface area contributed by atoms with Crippen molar-refractivity contribution < 1.29 is 17.9 Å². The predicted octanol–water partition coefficient (Wildman–Crippen LogP) is 2.83. The summed E-state index contributed by atoms with van der Waals surface area (Å²) in [6, 6.07) is 14.9. The van der Waals surface area contributed by atoms with E-state index in [0.717, 1.165) is 24.2 Å². The maximum absolute atomic E-state index is 13.1. The average molecular weight is 460 g/mol. The number of sulfonamides is 1. The number of benzene rings is 2. The molecule has 3 rings (SSSR count). The van der Waals surface area contributed by atoms with E-state index in [1.54, 1.807) is 26.0 Å². The van der Waals surface area contributed by atoms with Gasteiger partial charge in [-0.05, 0) is 30.2 Å². The first kappa shape index (κ1) is 24.4. The predicted molar refractivity (Wildman–Crippen MR) is 125 cm³/mol. The van der Waals surface area contributed by atoms with Crippen LogP contribution in [0.2, 0.25) is 0 Å². The maximum atomic E-state index is 13.1. The summed E-state index contributed by atoms with van der Waals surface area (Å²) in [6.45, 7) is 9.55. The Balaban J connectivity index is 1.81. The minimum Gasteiger partial charge on any atom is -0.379 e. The van der Waals surface area contributed by atoms with E-state index >= 15 is 0 Å². The minimum absolute atomic E-state index is 0.0203. The van der Waals surface area contributed by atoms with E-state index in [4.69, 9.17) is 4.74 Å². The SMILES string of the molecule is CCN(CC)S(=O)(=O)c1ccc(C)c(C(=O)NCC(c2ccccc2)N2CCOCC2)c1. The Kier molecular flexibility index (Phi) is 8.42. The van der Waals surface area contributed by atoms with Crippen molar-refractivity contribution in [3.63, 3.8) is 0 Å². The van der Waals surface area contributed by atoms with Gasteiger partial charge in [-0.2, -0.15) is 4.31 Å². The zero-order valence-corrected chi connectivity index (χ0v) is 19.9. The Hall–Kier alpha value is -2.26. The number of carbonyl (C=O) groups is 1. The quantitative estimate of drug-likeness (QED) is 0.624. The van der Waals surface area contributed by atoms with Crippen LogP contribution in [0.25, 0.3) is 0 Å². The molecule has 0 saturated carbocycles. The molecule has 2 aromatic rings. The molecule has 0 bridgehead atoms. The molecule has 1 saturated heterocycles. The second-order valence-electron chi connectivity index (χ2n) is 7.85. The van der Waals surface area contributed by atoms with E-state index < -0.39 is 10.0 Å². The van der Waals surface area contributed by atoms with Crippen molar-refractivity contribution in [1.29, 1.82) is 0 Å². The van der Waals surface area contributed by atoms with Crippen LogP contribution in [0, 0.1) is 6.92 Å². The Bertz CT molecular complexity index is 1000. The summed E-state index contributed by atoms with van der Waals surface area (Å²) in [7, 11) is -3.63. The Morgan fingerprint density at radius 3 is 2.38 bits per heavy atom. The van der Waals surface area contributed by atoms with E-state index in [1.807, 2.05) is 25.1 Å². The van der Waals surface area contributed by atoms with Crippen LogP contribution >= 0.6 is 0 Å². The van der Waals surface area contributed by atoms with Crippen LogP contribution in [0.3, 0.4) is 0 Å². The molecule has 32 heavy (non-hydrogen) atoms. The van der Waals surface area contributed by atoms with Gasteiger partial charge < -0.3 is 10.1 Å². The number of hydrogen-bond acceptors (Lipinski definition) is 5. The van der Waals surface area contributed by atoms with Gasteiger partial charge in [0.05, 0.1) is 24.2 Å². The van der Waals surface area contributed by atoms with E-state index in [2.05, 4.69) is 22.3 Å². The highest BCUT2D eigenvalue weighted by Gasteiger charge is 2.25. The topological polar surface area (TPSA) is 79.0 Å². The molecule has 2 aromatic carbocycles. The van der Waals surface area contributed by atoms with Crippen molar-refractivity contribution >= 4 is 15.9 Å². The first-order chi connectivity index (χ1) is 15.4. The summed E-state index contributed by atoms with van der Waals surface area (Å²) in [5.74, 6) is -0.270. The van der Waals surface area contributed by atoms with Crippen molar-refractivity contribution in [2.75, 3.05) is 45.9 Å². The molecule has 1 N–H and O–H groups in total. The fourth-order valence-electron chi connectivity index (χ4n) is 4.03. The molecule has 7 nitrogen and oxygen atoms in total. The molecule has 0 radical (unpaired) electrons. The van der Waals surface area contributed by atoms with E-state index in [1.165, 1.54) is 10.4 Å². The maximum Gasteiger partial charge on any atom is 0.251 e. The highest BCUT2D eigenvalue weighted by Crippen LogP contribution is 2.23. The van der Waals surface area contributed by atoms with Crippen molar-refractivity contribution in [1.82, 2.24) is 14.5 Å². The van der Waals surface area contributed by atoms with Gasteiger partial charge >= 0.3 is 0 Å². The van der Waals surface area contributed by atoms with Gasteiger partial charge in [-0.15, -0.1) is 0 Å². The summed E-state index contributed by atoms with van der Waals surface area (Å²) < 4.78 is 32.7. The third-order valence-electron chi connectivity index (χ3n) is 5.92. The normalized spacial score (nSPS) is 16.1. The number of amides is 1. The van der Waals surface area contributed by atoms with Gasteiger partial charge in [0.15, 0.2) is 0 Å². The van der Waals surface area contributed by atoms with Gasteiger partial charge in [0, 0.05) is 38.3 Å². The number of hydrogen-bond donors (Lipinski definition) is 1. The molecule has 0 aliphatic carbocycles. The van der Waals surface area contributed by atoms with Crippen molar-refractivity contribution in [2.24, 2.45) is 0 Å². The molecule has 1 atom stereocenters. The number of nitrogens with zero attached hydrogens (tertiary/aromatic N) is 2. The molecular formula is C24H33N3O4S. The molecule has 8 heteroatoms. The van der Waals surface area contributed by atoms with Crippen molar-refractivity contribution in [3.05, 3.63) is 65.2 Å². The lowest BCUT2D eigenvalue weighted by Gasteiger charge is -2.35. The van der Waals surface area contributed by atoms with E-state index in [-0.39, 0.29) is 16.8 Å². The van der Waals surface area contributed by atoms with Crippen LogP contribution in [0.1, 0.15) is 41.4 Å². The number of carbonyl (C=O) groups excluding carboxylic acids is 1. The standard InChI is InChI=1S/C24H33N3O4S/c1-4-27(5-2)32(29,30)21-12-11-19(3)22(17-21)24(28)25-18-23(20-9-7-6-8-10-20)26-13-15-31-16-14-26/h6-12,17,23H,4-5,13-16,18H2,1-3H3,(H,25,28). The molecule has 1 heterocycles. The molecule has 1 fully saturated rings. The molecule has 1 unspecified atom stereocenters. The van der Waals surface area contributed by atoms with Gasteiger partial charge in [-0.1, -0.05) is 50.2 Å². The Morgan fingerprint density at radius 2 is 1.75 bits per heavy atom. The monoisotopic (exact) mass is 459 g/mol. The lowest BCUT2D eigenvalue weighted by Crippen LogP contribution is -2.43. The van der Waals surface area contributed by atoms with E-state index in [0.29, 0.717) is 38.4 Å². The second-order valence-corrected chi connectivity index (χ2v) is 9.79. The fraction of sp³-hybridized carbons (Fsp3) is 0.458. The highest BCUT2D eigenvalue weighted by molar-refractivity contribution is 7.89. The summed E-state index contributed by atoms with van der Waals surface area (Å²) >= 11 is 0.